The lowest BCUT2D eigenvalue weighted by Crippen LogP contribution is -2.48. The van der Waals surface area contributed by atoms with Crippen LogP contribution in [0.25, 0.3) is 6.08 Å². The number of hydrogen-bond acceptors (Lipinski definition) is 3. The van der Waals surface area contributed by atoms with Gasteiger partial charge in [0, 0.05) is 12.6 Å². The van der Waals surface area contributed by atoms with Gasteiger partial charge in [-0.3, -0.25) is 9.59 Å². The molecule has 2 aromatic carbocycles. The molecule has 5 nitrogen and oxygen atoms in total. The Morgan fingerprint density at radius 1 is 1.04 bits per heavy atom. The fourth-order valence-electron chi connectivity index (χ4n) is 2.27. The molecule has 0 aliphatic carbocycles. The fourth-order valence-corrected chi connectivity index (χ4v) is 2.27. The van der Waals surface area contributed by atoms with Crippen molar-refractivity contribution in [1.29, 1.82) is 0 Å². The Labute approximate surface area is 159 Å². The lowest BCUT2D eigenvalue weighted by atomic mass is 10.1. The van der Waals surface area contributed by atoms with Gasteiger partial charge in [-0.25, -0.2) is 0 Å². The highest BCUT2D eigenvalue weighted by molar-refractivity contribution is 5.95. The van der Waals surface area contributed by atoms with Crippen LogP contribution in [0.5, 0.6) is 0 Å². The third-order valence-electron chi connectivity index (χ3n) is 3.79. The third-order valence-corrected chi connectivity index (χ3v) is 3.79. The van der Waals surface area contributed by atoms with E-state index < -0.39 is 36.2 Å². The van der Waals surface area contributed by atoms with Gasteiger partial charge in [-0.2, -0.15) is 13.2 Å². The smallest absolute Gasteiger partial charge is 0.394 e. The van der Waals surface area contributed by atoms with Crippen LogP contribution in [0.15, 0.2) is 60.7 Å². The van der Waals surface area contributed by atoms with Gasteiger partial charge in [0.25, 0.3) is 0 Å². The predicted molar refractivity (Wildman–Crippen MR) is 97.8 cm³/mol. The quantitative estimate of drug-likeness (QED) is 0.634. The van der Waals surface area contributed by atoms with Crippen molar-refractivity contribution in [3.8, 4) is 0 Å². The SMILES string of the molecule is O=C(C=Cc1ccccc1)N[C@@H](CO)C(=O)NCc1ccc(C(F)(F)F)cc1. The van der Waals surface area contributed by atoms with Crippen LogP contribution in [-0.4, -0.2) is 29.6 Å². The first-order valence-corrected chi connectivity index (χ1v) is 8.38. The van der Waals surface area contributed by atoms with Gasteiger partial charge in [0.2, 0.25) is 11.8 Å². The van der Waals surface area contributed by atoms with Gasteiger partial charge in [0.05, 0.1) is 12.2 Å². The molecule has 0 saturated heterocycles. The second-order valence-corrected chi connectivity index (χ2v) is 5.90. The monoisotopic (exact) mass is 392 g/mol. The van der Waals surface area contributed by atoms with E-state index in [1.54, 1.807) is 18.2 Å². The van der Waals surface area contributed by atoms with E-state index in [0.717, 1.165) is 17.7 Å². The molecule has 3 N–H and O–H groups in total. The van der Waals surface area contributed by atoms with E-state index in [1.807, 2.05) is 18.2 Å². The van der Waals surface area contributed by atoms with E-state index in [9.17, 15) is 27.9 Å². The Kier molecular flexibility index (Phi) is 7.34. The van der Waals surface area contributed by atoms with E-state index in [4.69, 9.17) is 0 Å². The van der Waals surface area contributed by atoms with Crippen molar-refractivity contribution in [2.24, 2.45) is 0 Å². The molecule has 0 aliphatic rings. The molecule has 8 heteroatoms. The average Bonchev–Trinajstić information content (AvgIpc) is 2.69. The van der Waals surface area contributed by atoms with Crippen LogP contribution in [0.2, 0.25) is 0 Å². The van der Waals surface area contributed by atoms with Crippen LogP contribution >= 0.6 is 0 Å². The summed E-state index contributed by atoms with van der Waals surface area (Å²) >= 11 is 0. The summed E-state index contributed by atoms with van der Waals surface area (Å²) in [6, 6.07) is 12.2. The Morgan fingerprint density at radius 3 is 2.25 bits per heavy atom. The normalized spacial score (nSPS) is 12.6. The Bertz CT molecular complexity index is 819. The first kappa shape index (κ1) is 21.2. The average molecular weight is 392 g/mol. The van der Waals surface area contributed by atoms with E-state index in [1.165, 1.54) is 18.2 Å². The zero-order chi connectivity index (χ0) is 20.6. The number of halogens is 3. The standard InChI is InChI=1S/C20H19F3N2O3/c21-20(22,23)16-9-6-15(7-10-16)12-24-19(28)17(13-26)25-18(27)11-8-14-4-2-1-3-5-14/h1-11,17,26H,12-13H2,(H,24,28)(H,25,27)/t17-/m0/s1. The zero-order valence-corrected chi connectivity index (χ0v) is 14.7. The number of benzene rings is 2. The summed E-state index contributed by atoms with van der Waals surface area (Å²) in [5.74, 6) is -1.21. The lowest BCUT2D eigenvalue weighted by Gasteiger charge is -2.15. The number of carbonyl (C=O) groups is 2. The largest absolute Gasteiger partial charge is 0.416 e. The van der Waals surface area contributed by atoms with Crippen molar-refractivity contribution in [3.63, 3.8) is 0 Å². The predicted octanol–water partition coefficient (Wildman–Crippen LogP) is 2.51. The molecule has 0 fully saturated rings. The molecule has 0 spiro atoms. The van der Waals surface area contributed by atoms with E-state index >= 15 is 0 Å². The van der Waals surface area contributed by atoms with Crippen molar-refractivity contribution < 1.29 is 27.9 Å². The Balaban J connectivity index is 1.87. The highest BCUT2D eigenvalue weighted by Gasteiger charge is 2.29. The number of amides is 2. The molecule has 0 bridgehead atoms. The van der Waals surface area contributed by atoms with Gasteiger partial charge in [-0.1, -0.05) is 42.5 Å². The number of aliphatic hydroxyl groups excluding tert-OH is 1. The maximum Gasteiger partial charge on any atom is 0.416 e. The summed E-state index contributed by atoms with van der Waals surface area (Å²) in [7, 11) is 0. The minimum atomic E-state index is -4.43. The summed E-state index contributed by atoms with van der Waals surface area (Å²) in [6.07, 6.45) is -1.63. The molecule has 2 rings (SSSR count). The Morgan fingerprint density at radius 2 is 1.68 bits per heavy atom. The Hall–Kier alpha value is -3.13. The molecule has 0 heterocycles. The molecule has 2 amide bonds. The number of hydrogen-bond donors (Lipinski definition) is 3. The molecule has 0 saturated carbocycles. The highest BCUT2D eigenvalue weighted by Crippen LogP contribution is 2.29. The minimum Gasteiger partial charge on any atom is -0.394 e. The molecule has 0 aliphatic heterocycles. The van der Waals surface area contributed by atoms with Crippen LogP contribution in [0.4, 0.5) is 13.2 Å². The second-order valence-electron chi connectivity index (χ2n) is 5.90. The third kappa shape index (κ3) is 6.55. The van der Waals surface area contributed by atoms with Crippen molar-refractivity contribution >= 4 is 17.9 Å². The molecular formula is C20H19F3N2O3. The maximum atomic E-state index is 12.5. The summed E-state index contributed by atoms with van der Waals surface area (Å²) in [5.41, 5.74) is 0.464. The van der Waals surface area contributed by atoms with E-state index in [-0.39, 0.29) is 6.54 Å². The molecule has 1 atom stereocenters. The summed E-state index contributed by atoms with van der Waals surface area (Å²) in [4.78, 5) is 24.0. The van der Waals surface area contributed by atoms with Crippen molar-refractivity contribution in [2.45, 2.75) is 18.8 Å². The summed E-state index contributed by atoms with van der Waals surface area (Å²) < 4.78 is 37.6. The molecular weight excluding hydrogens is 373 g/mol. The van der Waals surface area contributed by atoms with E-state index in [2.05, 4.69) is 10.6 Å². The topological polar surface area (TPSA) is 78.4 Å². The minimum absolute atomic E-state index is 0.0385. The number of aliphatic hydroxyl groups is 1. The van der Waals surface area contributed by atoms with Crippen molar-refractivity contribution in [3.05, 3.63) is 77.4 Å². The fraction of sp³-hybridized carbons (Fsp3) is 0.200. The van der Waals surface area contributed by atoms with Gasteiger partial charge in [-0.05, 0) is 29.3 Å². The molecule has 0 unspecified atom stereocenters. The maximum absolute atomic E-state index is 12.5. The number of rotatable bonds is 7. The number of alkyl halides is 3. The summed E-state index contributed by atoms with van der Waals surface area (Å²) in [5, 5.41) is 14.2. The molecule has 0 radical (unpaired) electrons. The van der Waals surface area contributed by atoms with Crippen LogP contribution in [0, 0.1) is 0 Å². The number of carbonyl (C=O) groups excluding carboxylic acids is 2. The highest BCUT2D eigenvalue weighted by atomic mass is 19.4. The summed E-state index contributed by atoms with van der Waals surface area (Å²) in [6.45, 7) is -0.660. The van der Waals surface area contributed by atoms with Gasteiger partial charge in [0.15, 0.2) is 0 Å². The van der Waals surface area contributed by atoms with E-state index in [0.29, 0.717) is 5.56 Å². The second kappa shape index (κ2) is 9.70. The van der Waals surface area contributed by atoms with Crippen LogP contribution < -0.4 is 10.6 Å². The van der Waals surface area contributed by atoms with Gasteiger partial charge in [-0.15, -0.1) is 0 Å². The first-order chi connectivity index (χ1) is 13.3. The molecule has 148 valence electrons. The van der Waals surface area contributed by atoms with Crippen LogP contribution in [0.1, 0.15) is 16.7 Å². The molecule has 28 heavy (non-hydrogen) atoms. The van der Waals surface area contributed by atoms with Crippen LogP contribution in [-0.2, 0) is 22.3 Å². The van der Waals surface area contributed by atoms with Crippen LogP contribution in [0.3, 0.4) is 0 Å². The molecule has 0 aromatic heterocycles. The van der Waals surface area contributed by atoms with Gasteiger partial charge >= 0.3 is 6.18 Å². The van der Waals surface area contributed by atoms with Gasteiger partial charge < -0.3 is 15.7 Å². The number of nitrogens with one attached hydrogen (secondary N) is 2. The first-order valence-electron chi connectivity index (χ1n) is 8.38. The van der Waals surface area contributed by atoms with Crippen molar-refractivity contribution in [1.82, 2.24) is 10.6 Å². The molecule has 2 aromatic rings. The van der Waals surface area contributed by atoms with Gasteiger partial charge in [0.1, 0.15) is 6.04 Å². The van der Waals surface area contributed by atoms with Crippen molar-refractivity contribution in [2.75, 3.05) is 6.61 Å². The zero-order valence-electron chi connectivity index (χ0n) is 14.7. The lowest BCUT2D eigenvalue weighted by molar-refractivity contribution is -0.137.